The molecule has 32 heavy (non-hydrogen) atoms. The first kappa shape index (κ1) is 23.6. The van der Waals surface area contributed by atoms with Gasteiger partial charge in [-0.1, -0.05) is 63.3 Å². The van der Waals surface area contributed by atoms with Gasteiger partial charge in [0.25, 0.3) is 0 Å². The fraction of sp³-hybridized carbons (Fsp3) is 0.259. The standard InChI is InChI=1S/C27H31NO3S/c1-27(2,3)21-11-9-12-22(18-21)32-28-23-13-8-7-10-20(23)15-14-19-16-24(29-4)26(31-6)25(17-19)30-5/h7-18,28H,1-6H3/b15-14-. The molecule has 0 aromatic heterocycles. The molecule has 3 aromatic rings. The molecular weight excluding hydrogens is 418 g/mol. The Bertz CT molecular complexity index is 1060. The zero-order valence-corrected chi connectivity index (χ0v) is 20.4. The van der Waals surface area contributed by atoms with Crippen LogP contribution >= 0.6 is 11.9 Å². The minimum absolute atomic E-state index is 0.123. The van der Waals surface area contributed by atoms with E-state index >= 15 is 0 Å². The van der Waals surface area contributed by atoms with Crippen LogP contribution in [0.25, 0.3) is 12.2 Å². The summed E-state index contributed by atoms with van der Waals surface area (Å²) >= 11 is 1.62. The minimum Gasteiger partial charge on any atom is -0.493 e. The van der Waals surface area contributed by atoms with Gasteiger partial charge in [-0.15, -0.1) is 0 Å². The van der Waals surface area contributed by atoms with Crippen LogP contribution in [0.5, 0.6) is 17.2 Å². The number of benzene rings is 3. The average Bonchev–Trinajstić information content (AvgIpc) is 2.80. The Morgan fingerprint density at radius 2 is 1.47 bits per heavy atom. The molecule has 0 fully saturated rings. The number of hydrogen-bond donors (Lipinski definition) is 1. The number of ether oxygens (including phenoxy) is 3. The first-order valence-corrected chi connectivity index (χ1v) is 11.3. The fourth-order valence-electron chi connectivity index (χ4n) is 3.26. The van der Waals surface area contributed by atoms with Crippen molar-refractivity contribution in [1.82, 2.24) is 0 Å². The summed E-state index contributed by atoms with van der Waals surface area (Å²) in [6, 6.07) is 20.8. The molecule has 1 N–H and O–H groups in total. The van der Waals surface area contributed by atoms with E-state index < -0.39 is 0 Å². The molecule has 0 radical (unpaired) electrons. The zero-order chi connectivity index (χ0) is 23.1. The van der Waals surface area contributed by atoms with Crippen molar-refractivity contribution in [2.45, 2.75) is 31.1 Å². The van der Waals surface area contributed by atoms with E-state index in [0.29, 0.717) is 17.2 Å². The number of para-hydroxylation sites is 1. The Kier molecular flexibility index (Phi) is 7.75. The van der Waals surface area contributed by atoms with E-state index in [9.17, 15) is 0 Å². The third kappa shape index (κ3) is 5.80. The molecule has 3 rings (SSSR count). The van der Waals surface area contributed by atoms with Gasteiger partial charge in [-0.3, -0.25) is 0 Å². The molecular formula is C27H31NO3S. The lowest BCUT2D eigenvalue weighted by molar-refractivity contribution is 0.324. The molecule has 0 heterocycles. The molecule has 0 saturated heterocycles. The van der Waals surface area contributed by atoms with Crippen LogP contribution in [0, 0.1) is 0 Å². The molecule has 0 unspecified atom stereocenters. The van der Waals surface area contributed by atoms with Crippen LogP contribution in [0.15, 0.2) is 65.6 Å². The summed E-state index contributed by atoms with van der Waals surface area (Å²) in [5.41, 5.74) is 4.53. The molecule has 0 atom stereocenters. The van der Waals surface area contributed by atoms with Gasteiger partial charge >= 0.3 is 0 Å². The summed E-state index contributed by atoms with van der Waals surface area (Å²) in [5.74, 6) is 1.85. The third-order valence-corrected chi connectivity index (χ3v) is 5.89. The van der Waals surface area contributed by atoms with Gasteiger partial charge in [-0.05, 0) is 64.4 Å². The molecule has 3 aromatic carbocycles. The number of nitrogens with one attached hydrogen (secondary N) is 1. The molecule has 0 aliphatic rings. The highest BCUT2D eigenvalue weighted by molar-refractivity contribution is 8.00. The van der Waals surface area contributed by atoms with E-state index in [0.717, 1.165) is 16.8 Å². The molecule has 0 amide bonds. The maximum atomic E-state index is 5.46. The lowest BCUT2D eigenvalue weighted by Gasteiger charge is -2.19. The minimum atomic E-state index is 0.123. The number of hydrogen-bond acceptors (Lipinski definition) is 5. The Labute approximate surface area is 195 Å². The van der Waals surface area contributed by atoms with Gasteiger partial charge in [0.05, 0.1) is 27.0 Å². The Balaban J connectivity index is 1.81. The largest absolute Gasteiger partial charge is 0.493 e. The lowest BCUT2D eigenvalue weighted by Crippen LogP contribution is -2.10. The van der Waals surface area contributed by atoms with E-state index in [1.807, 2.05) is 30.3 Å². The monoisotopic (exact) mass is 449 g/mol. The quantitative estimate of drug-likeness (QED) is 0.289. The van der Waals surface area contributed by atoms with Crippen LogP contribution in [-0.4, -0.2) is 21.3 Å². The third-order valence-electron chi connectivity index (χ3n) is 5.08. The van der Waals surface area contributed by atoms with E-state index in [4.69, 9.17) is 14.2 Å². The van der Waals surface area contributed by atoms with Crippen LogP contribution in [0.3, 0.4) is 0 Å². The number of methoxy groups -OCH3 is 3. The first-order chi connectivity index (χ1) is 15.4. The zero-order valence-electron chi connectivity index (χ0n) is 19.6. The van der Waals surface area contributed by atoms with Crippen molar-refractivity contribution in [3.05, 3.63) is 77.4 Å². The Morgan fingerprint density at radius 1 is 0.781 bits per heavy atom. The van der Waals surface area contributed by atoms with Gasteiger partial charge in [0.15, 0.2) is 11.5 Å². The summed E-state index contributed by atoms with van der Waals surface area (Å²) < 4.78 is 19.8. The second kappa shape index (κ2) is 10.5. The lowest BCUT2D eigenvalue weighted by atomic mass is 9.87. The molecule has 0 spiro atoms. The van der Waals surface area contributed by atoms with E-state index in [1.165, 1.54) is 10.5 Å². The van der Waals surface area contributed by atoms with Crippen LogP contribution in [0.4, 0.5) is 5.69 Å². The van der Waals surface area contributed by atoms with Gasteiger partial charge in [0.1, 0.15) is 0 Å². The van der Waals surface area contributed by atoms with Crippen LogP contribution in [0.2, 0.25) is 0 Å². The van der Waals surface area contributed by atoms with Crippen LogP contribution in [-0.2, 0) is 5.41 Å². The molecule has 0 saturated carbocycles. The maximum Gasteiger partial charge on any atom is 0.203 e. The second-order valence-electron chi connectivity index (χ2n) is 8.36. The predicted molar refractivity (Wildman–Crippen MR) is 136 cm³/mol. The fourth-order valence-corrected chi connectivity index (χ4v) is 4.01. The summed E-state index contributed by atoms with van der Waals surface area (Å²) in [6.07, 6.45) is 4.12. The van der Waals surface area contributed by atoms with Crippen molar-refractivity contribution >= 4 is 29.8 Å². The summed E-state index contributed by atoms with van der Waals surface area (Å²) in [7, 11) is 4.85. The smallest absolute Gasteiger partial charge is 0.203 e. The molecule has 0 bridgehead atoms. The average molecular weight is 450 g/mol. The highest BCUT2D eigenvalue weighted by atomic mass is 32.2. The van der Waals surface area contributed by atoms with Crippen molar-refractivity contribution in [3.63, 3.8) is 0 Å². The van der Waals surface area contributed by atoms with Crippen molar-refractivity contribution in [2.24, 2.45) is 0 Å². The van der Waals surface area contributed by atoms with Crippen molar-refractivity contribution in [1.29, 1.82) is 0 Å². The Morgan fingerprint density at radius 3 is 2.09 bits per heavy atom. The van der Waals surface area contributed by atoms with Crippen molar-refractivity contribution < 1.29 is 14.2 Å². The molecule has 0 aliphatic heterocycles. The molecule has 5 heteroatoms. The molecule has 168 valence electrons. The topological polar surface area (TPSA) is 39.7 Å². The highest BCUT2D eigenvalue weighted by Gasteiger charge is 2.14. The second-order valence-corrected chi connectivity index (χ2v) is 9.24. The Hall–Kier alpha value is -3.05. The number of anilines is 1. The first-order valence-electron chi connectivity index (χ1n) is 10.5. The molecule has 0 aliphatic carbocycles. The molecule has 4 nitrogen and oxygen atoms in total. The summed E-state index contributed by atoms with van der Waals surface area (Å²) in [4.78, 5) is 1.18. The van der Waals surface area contributed by atoms with Crippen molar-refractivity contribution in [2.75, 3.05) is 26.1 Å². The van der Waals surface area contributed by atoms with Gasteiger partial charge in [-0.2, -0.15) is 0 Å². The van der Waals surface area contributed by atoms with Gasteiger partial charge < -0.3 is 18.9 Å². The van der Waals surface area contributed by atoms with E-state index in [-0.39, 0.29) is 5.41 Å². The SMILES string of the molecule is COc1cc(/C=C\c2ccccc2NSc2cccc(C(C)(C)C)c2)cc(OC)c1OC. The van der Waals surface area contributed by atoms with E-state index in [2.05, 4.69) is 68.0 Å². The van der Waals surface area contributed by atoms with E-state index in [1.54, 1.807) is 33.3 Å². The summed E-state index contributed by atoms with van der Waals surface area (Å²) in [5, 5.41) is 0. The van der Waals surface area contributed by atoms with Crippen LogP contribution < -0.4 is 18.9 Å². The van der Waals surface area contributed by atoms with Gasteiger partial charge in [0, 0.05) is 4.90 Å². The highest BCUT2D eigenvalue weighted by Crippen LogP contribution is 2.39. The maximum absolute atomic E-state index is 5.46. The van der Waals surface area contributed by atoms with Gasteiger partial charge in [-0.25, -0.2) is 0 Å². The van der Waals surface area contributed by atoms with Crippen molar-refractivity contribution in [3.8, 4) is 17.2 Å². The number of rotatable bonds is 8. The van der Waals surface area contributed by atoms with Crippen LogP contribution in [0.1, 0.15) is 37.5 Å². The summed E-state index contributed by atoms with van der Waals surface area (Å²) in [6.45, 7) is 6.69. The van der Waals surface area contributed by atoms with Gasteiger partial charge in [0.2, 0.25) is 5.75 Å². The normalized spacial score (nSPS) is 11.4. The predicted octanol–water partition coefficient (Wildman–Crippen LogP) is 7.30.